The van der Waals surface area contributed by atoms with E-state index in [1.165, 1.54) is 6.42 Å². The molecule has 1 aromatic carbocycles. The third-order valence-corrected chi connectivity index (χ3v) is 4.23. The number of aryl methyl sites for hydroxylation is 1. The fourth-order valence-corrected chi connectivity index (χ4v) is 2.98. The first-order valence-electron chi connectivity index (χ1n) is 7.64. The summed E-state index contributed by atoms with van der Waals surface area (Å²) in [5.74, 6) is 0.764. The number of hydrogen-bond donors (Lipinski definition) is 3. The third-order valence-electron chi connectivity index (χ3n) is 4.23. The zero-order valence-corrected chi connectivity index (χ0v) is 12.1. The van der Waals surface area contributed by atoms with Crippen molar-refractivity contribution < 1.29 is 9.59 Å². The van der Waals surface area contributed by atoms with Crippen LogP contribution in [-0.2, 0) is 16.0 Å². The molecule has 0 spiro atoms. The zero-order chi connectivity index (χ0) is 14.7. The lowest BCUT2D eigenvalue weighted by Gasteiger charge is -2.18. The lowest BCUT2D eigenvalue weighted by atomic mass is 10.0. The van der Waals surface area contributed by atoms with Crippen LogP contribution in [0.3, 0.4) is 0 Å². The van der Waals surface area contributed by atoms with E-state index < -0.39 is 0 Å². The van der Waals surface area contributed by atoms with Crippen LogP contribution in [0.4, 0.5) is 11.4 Å². The highest BCUT2D eigenvalue weighted by Gasteiger charge is 2.17. The summed E-state index contributed by atoms with van der Waals surface area (Å²) in [5, 5.41) is 9.12. The van der Waals surface area contributed by atoms with Crippen molar-refractivity contribution in [2.75, 3.05) is 23.7 Å². The van der Waals surface area contributed by atoms with Crippen LogP contribution in [0.5, 0.6) is 0 Å². The monoisotopic (exact) mass is 287 g/mol. The first-order valence-corrected chi connectivity index (χ1v) is 7.64. The minimum atomic E-state index is 0.0597. The van der Waals surface area contributed by atoms with Crippen molar-refractivity contribution in [1.29, 1.82) is 0 Å². The van der Waals surface area contributed by atoms with Gasteiger partial charge in [-0.2, -0.15) is 0 Å². The molecule has 0 bridgehead atoms. The zero-order valence-electron chi connectivity index (χ0n) is 12.1. The molecule has 2 amide bonds. The highest BCUT2D eigenvalue weighted by molar-refractivity contribution is 5.95. The Morgan fingerprint density at radius 3 is 3.05 bits per heavy atom. The lowest BCUT2D eigenvalue weighted by molar-refractivity contribution is -0.117. The van der Waals surface area contributed by atoms with E-state index >= 15 is 0 Å². The molecular weight excluding hydrogens is 266 g/mol. The predicted octanol–water partition coefficient (Wildman–Crippen LogP) is 1.90. The Hall–Kier alpha value is -1.88. The van der Waals surface area contributed by atoms with Gasteiger partial charge in [0.05, 0.1) is 0 Å². The van der Waals surface area contributed by atoms with Crippen molar-refractivity contribution in [3.63, 3.8) is 0 Å². The molecule has 2 heterocycles. The summed E-state index contributed by atoms with van der Waals surface area (Å²) in [5.41, 5.74) is 2.77. The van der Waals surface area contributed by atoms with Crippen molar-refractivity contribution in [2.45, 2.75) is 32.1 Å². The molecule has 3 rings (SSSR count). The first-order chi connectivity index (χ1) is 10.2. The fraction of sp³-hybridized carbons (Fsp3) is 0.500. The second-order valence-corrected chi connectivity index (χ2v) is 5.87. The van der Waals surface area contributed by atoms with Crippen LogP contribution in [0.1, 0.15) is 31.2 Å². The normalized spacial score (nSPS) is 20.8. The minimum absolute atomic E-state index is 0.0597. The maximum Gasteiger partial charge on any atom is 0.224 e. The summed E-state index contributed by atoms with van der Waals surface area (Å²) < 4.78 is 0. The van der Waals surface area contributed by atoms with Crippen molar-refractivity contribution in [1.82, 2.24) is 5.32 Å². The summed E-state index contributed by atoms with van der Waals surface area (Å²) in [6, 6.07) is 5.67. The SMILES string of the molecule is O=C(CCC1CCNC1)Nc1ccc2c(c1)CCC(=O)N2. The number of hydrogen-bond acceptors (Lipinski definition) is 3. The van der Waals surface area contributed by atoms with E-state index in [1.807, 2.05) is 18.2 Å². The minimum Gasteiger partial charge on any atom is -0.326 e. The second-order valence-electron chi connectivity index (χ2n) is 5.87. The molecule has 1 aromatic rings. The van der Waals surface area contributed by atoms with Gasteiger partial charge < -0.3 is 16.0 Å². The second kappa shape index (κ2) is 6.26. The number of nitrogens with one attached hydrogen (secondary N) is 3. The molecule has 3 N–H and O–H groups in total. The Bertz CT molecular complexity index is 550. The standard InChI is InChI=1S/C16H21N3O2/c20-15(5-1-11-7-8-17-10-11)18-13-3-4-14-12(9-13)2-6-16(21)19-14/h3-4,9,11,17H,1-2,5-8,10H2,(H,18,20)(H,19,21). The number of carbonyl (C=O) groups is 2. The highest BCUT2D eigenvalue weighted by atomic mass is 16.2. The van der Waals surface area contributed by atoms with E-state index in [4.69, 9.17) is 0 Å². The Kier molecular flexibility index (Phi) is 4.20. The number of benzene rings is 1. The molecule has 21 heavy (non-hydrogen) atoms. The summed E-state index contributed by atoms with van der Waals surface area (Å²) >= 11 is 0. The van der Waals surface area contributed by atoms with Crippen molar-refractivity contribution in [3.8, 4) is 0 Å². The van der Waals surface area contributed by atoms with Crippen LogP contribution in [0, 0.1) is 5.92 Å². The summed E-state index contributed by atoms with van der Waals surface area (Å²) in [7, 11) is 0. The first kappa shape index (κ1) is 14.1. The Morgan fingerprint density at radius 1 is 1.33 bits per heavy atom. The van der Waals surface area contributed by atoms with E-state index in [-0.39, 0.29) is 11.8 Å². The third kappa shape index (κ3) is 3.61. The van der Waals surface area contributed by atoms with Gasteiger partial charge in [0.25, 0.3) is 0 Å². The van der Waals surface area contributed by atoms with Gasteiger partial charge in [-0.15, -0.1) is 0 Å². The lowest BCUT2D eigenvalue weighted by Crippen LogP contribution is -2.19. The quantitative estimate of drug-likeness (QED) is 0.792. The number of fused-ring (bicyclic) bond motifs is 1. The maximum absolute atomic E-state index is 12.0. The van der Waals surface area contributed by atoms with Gasteiger partial charge in [0, 0.05) is 24.2 Å². The molecule has 1 unspecified atom stereocenters. The molecule has 0 saturated carbocycles. The molecule has 1 fully saturated rings. The Labute approximate surface area is 124 Å². The van der Waals surface area contributed by atoms with Gasteiger partial charge >= 0.3 is 0 Å². The van der Waals surface area contributed by atoms with Crippen LogP contribution < -0.4 is 16.0 Å². The van der Waals surface area contributed by atoms with E-state index in [1.54, 1.807) is 0 Å². The van der Waals surface area contributed by atoms with Gasteiger partial charge in [0.2, 0.25) is 11.8 Å². The van der Waals surface area contributed by atoms with Gasteiger partial charge in [0.1, 0.15) is 0 Å². The van der Waals surface area contributed by atoms with Gasteiger partial charge in [-0.1, -0.05) is 0 Å². The van der Waals surface area contributed by atoms with Gasteiger partial charge in [0.15, 0.2) is 0 Å². The number of carbonyl (C=O) groups excluding carboxylic acids is 2. The average molecular weight is 287 g/mol. The molecule has 2 aliphatic heterocycles. The molecule has 1 saturated heterocycles. The molecule has 5 heteroatoms. The van der Waals surface area contributed by atoms with Crippen molar-refractivity contribution in [3.05, 3.63) is 23.8 Å². The topological polar surface area (TPSA) is 70.2 Å². The molecule has 112 valence electrons. The highest BCUT2D eigenvalue weighted by Crippen LogP contribution is 2.26. The molecule has 5 nitrogen and oxygen atoms in total. The van der Waals surface area contributed by atoms with E-state index in [2.05, 4.69) is 16.0 Å². The number of anilines is 2. The Morgan fingerprint density at radius 2 is 2.24 bits per heavy atom. The largest absolute Gasteiger partial charge is 0.326 e. The fourth-order valence-electron chi connectivity index (χ4n) is 2.98. The molecule has 0 radical (unpaired) electrons. The van der Waals surface area contributed by atoms with Crippen LogP contribution in [0.2, 0.25) is 0 Å². The van der Waals surface area contributed by atoms with Crippen LogP contribution in [0.25, 0.3) is 0 Å². The predicted molar refractivity (Wildman–Crippen MR) is 82.2 cm³/mol. The van der Waals surface area contributed by atoms with Gasteiger partial charge in [-0.3, -0.25) is 9.59 Å². The molecular formula is C16H21N3O2. The summed E-state index contributed by atoms with van der Waals surface area (Å²) in [6.45, 7) is 2.11. The van der Waals surface area contributed by atoms with Crippen molar-refractivity contribution >= 4 is 23.2 Å². The molecule has 2 aliphatic rings. The molecule has 0 aromatic heterocycles. The van der Waals surface area contributed by atoms with E-state index in [0.717, 1.165) is 42.9 Å². The molecule has 0 aliphatic carbocycles. The smallest absolute Gasteiger partial charge is 0.224 e. The van der Waals surface area contributed by atoms with Gasteiger partial charge in [-0.05, 0) is 62.0 Å². The molecule has 1 atom stereocenters. The summed E-state index contributed by atoms with van der Waals surface area (Å²) in [4.78, 5) is 23.3. The van der Waals surface area contributed by atoms with Crippen molar-refractivity contribution in [2.24, 2.45) is 5.92 Å². The average Bonchev–Trinajstić information content (AvgIpc) is 2.99. The van der Waals surface area contributed by atoms with Crippen LogP contribution >= 0.6 is 0 Å². The number of rotatable bonds is 4. The summed E-state index contributed by atoms with van der Waals surface area (Å²) in [6.07, 6.45) is 3.93. The van der Waals surface area contributed by atoms with E-state index in [0.29, 0.717) is 18.8 Å². The number of amides is 2. The van der Waals surface area contributed by atoms with Crippen LogP contribution in [0.15, 0.2) is 18.2 Å². The Balaban J connectivity index is 1.54. The maximum atomic E-state index is 12.0. The van der Waals surface area contributed by atoms with Crippen LogP contribution in [-0.4, -0.2) is 24.9 Å². The van der Waals surface area contributed by atoms with Gasteiger partial charge in [-0.25, -0.2) is 0 Å². The van der Waals surface area contributed by atoms with E-state index in [9.17, 15) is 9.59 Å².